The number of allylic oxidation sites excluding steroid dienone is 1. The SMILES string of the molecule is CCCCCCCCCCCCC/C=C/C(O)C(COC1OC(CO)C(OC2OC(CO)C(O)C(O)C2O)C(O)C1O)NC(=O)CCCCCCCCCCCCCCCCCCCCCCCCCCCCCCCCCCCCCCCCC. The molecule has 0 saturated carbocycles. The number of carbonyl (C=O) groups is 1. The van der Waals surface area contributed by atoms with Gasteiger partial charge in [-0.15, -0.1) is 0 Å². The molecule has 2 heterocycles. The van der Waals surface area contributed by atoms with E-state index in [0.29, 0.717) is 6.42 Å². The fourth-order valence-corrected chi connectivity index (χ4v) is 12.6. The quantitative estimate of drug-likeness (QED) is 0.0204. The summed E-state index contributed by atoms with van der Waals surface area (Å²) in [4.78, 5) is 13.3. The smallest absolute Gasteiger partial charge is 0.220 e. The summed E-state index contributed by atoms with van der Waals surface area (Å²) in [7, 11) is 0. The molecule has 2 aliphatic heterocycles. The number of ether oxygens (including phenoxy) is 4. The van der Waals surface area contributed by atoms with Gasteiger partial charge in [0.2, 0.25) is 5.91 Å². The average molecular weight is 1230 g/mol. The Kier molecular flexibility index (Phi) is 54.1. The molecule has 2 saturated heterocycles. The van der Waals surface area contributed by atoms with Gasteiger partial charge in [-0.05, 0) is 19.3 Å². The van der Waals surface area contributed by atoms with Gasteiger partial charge in [0, 0.05) is 6.42 Å². The van der Waals surface area contributed by atoms with Crippen molar-refractivity contribution in [2.45, 2.75) is 421 Å². The molecule has 2 fully saturated rings. The highest BCUT2D eigenvalue weighted by Crippen LogP contribution is 2.30. The van der Waals surface area contributed by atoms with Gasteiger partial charge in [0.1, 0.15) is 48.8 Å². The highest BCUT2D eigenvalue weighted by atomic mass is 16.7. The molecule has 86 heavy (non-hydrogen) atoms. The zero-order valence-electron chi connectivity index (χ0n) is 55.6. The number of nitrogens with one attached hydrogen (secondary N) is 1. The van der Waals surface area contributed by atoms with E-state index < -0.39 is 86.8 Å². The Morgan fingerprint density at radius 2 is 0.721 bits per heavy atom. The van der Waals surface area contributed by atoms with Gasteiger partial charge in [0.05, 0.1) is 32.0 Å². The molecule has 0 aromatic carbocycles. The Morgan fingerprint density at radius 3 is 1.07 bits per heavy atom. The van der Waals surface area contributed by atoms with E-state index in [1.807, 2.05) is 6.08 Å². The first-order chi connectivity index (χ1) is 42.1. The summed E-state index contributed by atoms with van der Waals surface area (Å²) in [5.41, 5.74) is 0. The molecular weight excluding hydrogens is 1090 g/mol. The van der Waals surface area contributed by atoms with Gasteiger partial charge in [-0.2, -0.15) is 0 Å². The monoisotopic (exact) mass is 1230 g/mol. The van der Waals surface area contributed by atoms with Gasteiger partial charge in [-0.1, -0.05) is 334 Å². The van der Waals surface area contributed by atoms with E-state index in [1.54, 1.807) is 6.08 Å². The molecule has 0 radical (unpaired) electrons. The highest BCUT2D eigenvalue weighted by Gasteiger charge is 2.51. The predicted molar refractivity (Wildman–Crippen MR) is 351 cm³/mol. The van der Waals surface area contributed by atoms with Gasteiger partial charge in [0.15, 0.2) is 12.6 Å². The maximum absolute atomic E-state index is 13.3. The summed E-state index contributed by atoms with van der Waals surface area (Å²) in [6, 6.07) is -0.910. The summed E-state index contributed by atoms with van der Waals surface area (Å²) < 4.78 is 22.8. The molecule has 2 aliphatic rings. The van der Waals surface area contributed by atoms with Crippen LogP contribution in [0.5, 0.6) is 0 Å². The third-order valence-corrected chi connectivity index (χ3v) is 18.5. The lowest BCUT2D eigenvalue weighted by atomic mass is 9.97. The molecule has 9 N–H and O–H groups in total. The van der Waals surface area contributed by atoms with Crippen LogP contribution in [0.1, 0.15) is 348 Å². The number of amides is 1. The van der Waals surface area contributed by atoms with Gasteiger partial charge in [0.25, 0.3) is 0 Å². The summed E-state index contributed by atoms with van der Waals surface area (Å²) in [6.45, 7) is 2.84. The largest absolute Gasteiger partial charge is 0.394 e. The highest BCUT2D eigenvalue weighted by molar-refractivity contribution is 5.76. The van der Waals surface area contributed by atoms with Crippen molar-refractivity contribution in [3.05, 3.63) is 12.2 Å². The number of hydrogen-bond donors (Lipinski definition) is 9. The molecule has 14 heteroatoms. The van der Waals surface area contributed by atoms with Crippen LogP contribution in [0.25, 0.3) is 0 Å². The summed E-state index contributed by atoms with van der Waals surface area (Å²) in [5.74, 6) is -0.232. The molecule has 0 aromatic rings. The van der Waals surface area contributed by atoms with Gasteiger partial charge < -0.3 is 65.1 Å². The Hall–Kier alpha value is -1.27. The second-order valence-electron chi connectivity index (χ2n) is 26.4. The van der Waals surface area contributed by atoms with Crippen LogP contribution in [-0.2, 0) is 23.7 Å². The first-order valence-electron chi connectivity index (χ1n) is 36.9. The van der Waals surface area contributed by atoms with E-state index in [0.717, 1.165) is 38.5 Å². The van der Waals surface area contributed by atoms with Crippen LogP contribution >= 0.6 is 0 Å². The maximum Gasteiger partial charge on any atom is 0.220 e. The van der Waals surface area contributed by atoms with Crippen molar-refractivity contribution < 1.29 is 64.6 Å². The summed E-state index contributed by atoms with van der Waals surface area (Å²) >= 11 is 0. The molecule has 510 valence electrons. The minimum Gasteiger partial charge on any atom is -0.394 e. The number of carbonyl (C=O) groups excluding carboxylic acids is 1. The molecule has 14 nitrogen and oxygen atoms in total. The Morgan fingerprint density at radius 1 is 0.407 bits per heavy atom. The molecular formula is C72H139NO13. The maximum atomic E-state index is 13.3. The summed E-state index contributed by atoms with van der Waals surface area (Å²) in [6.07, 6.45) is 54.6. The van der Waals surface area contributed by atoms with Crippen LogP contribution in [0.2, 0.25) is 0 Å². The van der Waals surface area contributed by atoms with Crippen LogP contribution in [-0.4, -0.2) is 140 Å². The van der Waals surface area contributed by atoms with Crippen molar-refractivity contribution in [3.63, 3.8) is 0 Å². The topological polar surface area (TPSA) is 228 Å². The molecule has 0 bridgehead atoms. The Balaban J connectivity index is 1.53. The van der Waals surface area contributed by atoms with Crippen LogP contribution < -0.4 is 5.32 Å². The van der Waals surface area contributed by atoms with Crippen molar-refractivity contribution in [1.82, 2.24) is 5.32 Å². The normalized spacial score (nSPS) is 23.4. The fraction of sp³-hybridized carbons (Fsp3) is 0.958. The Labute approximate surface area is 526 Å². The molecule has 2 rings (SSSR count). The van der Waals surface area contributed by atoms with E-state index in [4.69, 9.17) is 18.9 Å². The molecule has 12 unspecified atom stereocenters. The lowest BCUT2D eigenvalue weighted by Crippen LogP contribution is -2.65. The molecule has 0 aliphatic carbocycles. The van der Waals surface area contributed by atoms with Crippen LogP contribution in [0, 0.1) is 0 Å². The first kappa shape index (κ1) is 80.8. The van der Waals surface area contributed by atoms with Crippen molar-refractivity contribution in [2.24, 2.45) is 0 Å². The third kappa shape index (κ3) is 41.3. The lowest BCUT2D eigenvalue weighted by molar-refractivity contribution is -0.359. The number of aliphatic hydroxyl groups is 8. The minimum absolute atomic E-state index is 0.232. The predicted octanol–water partition coefficient (Wildman–Crippen LogP) is 15.4. The van der Waals surface area contributed by atoms with E-state index in [1.165, 1.54) is 283 Å². The van der Waals surface area contributed by atoms with E-state index >= 15 is 0 Å². The standard InChI is InChI=1S/C72H139NO13/c1-3-5-7-9-11-13-15-17-18-19-20-21-22-23-24-25-26-27-28-29-30-31-32-33-34-35-36-37-38-39-40-41-42-44-46-48-50-52-54-56-64(77)73-60(61(76)55-53-51-49-47-45-43-16-14-12-10-8-6-4-2)59-83-71-69(82)67(80)70(63(58-75)85-71)86-72-68(81)66(79)65(78)62(57-74)84-72/h53,55,60-63,65-72,74-76,78-82H,3-52,54,56-59H2,1-2H3,(H,73,77)/b55-53+. The van der Waals surface area contributed by atoms with Crippen molar-refractivity contribution in [1.29, 1.82) is 0 Å². The van der Waals surface area contributed by atoms with Crippen molar-refractivity contribution in [3.8, 4) is 0 Å². The second-order valence-corrected chi connectivity index (χ2v) is 26.4. The zero-order chi connectivity index (χ0) is 62.3. The average Bonchev–Trinajstić information content (AvgIpc) is 2.92. The van der Waals surface area contributed by atoms with Crippen molar-refractivity contribution in [2.75, 3.05) is 19.8 Å². The van der Waals surface area contributed by atoms with E-state index in [-0.39, 0.29) is 18.9 Å². The summed E-state index contributed by atoms with van der Waals surface area (Å²) in [5, 5.41) is 87.2. The zero-order valence-corrected chi connectivity index (χ0v) is 55.6. The number of unbranched alkanes of at least 4 members (excludes halogenated alkanes) is 49. The van der Waals surface area contributed by atoms with E-state index in [2.05, 4.69) is 19.2 Å². The molecule has 1 amide bonds. The van der Waals surface area contributed by atoms with Crippen LogP contribution in [0.4, 0.5) is 0 Å². The third-order valence-electron chi connectivity index (χ3n) is 18.5. The van der Waals surface area contributed by atoms with E-state index in [9.17, 15) is 45.6 Å². The fourth-order valence-electron chi connectivity index (χ4n) is 12.6. The molecule has 12 atom stereocenters. The van der Waals surface area contributed by atoms with Crippen LogP contribution in [0.3, 0.4) is 0 Å². The van der Waals surface area contributed by atoms with Gasteiger partial charge in [-0.25, -0.2) is 0 Å². The first-order valence-corrected chi connectivity index (χ1v) is 36.9. The molecule has 0 aromatic heterocycles. The van der Waals surface area contributed by atoms with Crippen molar-refractivity contribution >= 4 is 5.91 Å². The molecule has 0 spiro atoms. The van der Waals surface area contributed by atoms with Gasteiger partial charge >= 0.3 is 0 Å². The number of rotatable bonds is 62. The number of hydrogen-bond acceptors (Lipinski definition) is 13. The van der Waals surface area contributed by atoms with Crippen LogP contribution in [0.15, 0.2) is 12.2 Å². The number of aliphatic hydroxyl groups excluding tert-OH is 8. The van der Waals surface area contributed by atoms with Gasteiger partial charge in [-0.3, -0.25) is 4.79 Å². The Bertz CT molecular complexity index is 1490. The minimum atomic E-state index is -1.79. The lowest BCUT2D eigenvalue weighted by Gasteiger charge is -2.46. The second kappa shape index (κ2) is 57.6.